The van der Waals surface area contributed by atoms with Crippen LogP contribution in [0.1, 0.15) is 17.3 Å². The van der Waals surface area contributed by atoms with Crippen LogP contribution in [-0.2, 0) is 11.8 Å². The fourth-order valence-electron chi connectivity index (χ4n) is 4.11. The third-order valence-corrected chi connectivity index (χ3v) is 7.27. The normalized spacial score (nSPS) is 11.5. The number of nitrogens with one attached hydrogen (secondary N) is 1. The Bertz CT molecular complexity index is 1520. The van der Waals surface area contributed by atoms with Gasteiger partial charge >= 0.3 is 0 Å². The molecule has 1 atom stereocenters. The minimum Gasteiger partial charge on any atom is -0.322 e. The van der Waals surface area contributed by atoms with Crippen molar-refractivity contribution in [2.75, 3.05) is 10.2 Å². The number of amides is 2. The zero-order valence-corrected chi connectivity index (χ0v) is 22.4. The van der Waals surface area contributed by atoms with Crippen LogP contribution in [0, 0.1) is 0 Å². The molecule has 5 aromatic rings. The number of hydrogen-bond acceptors (Lipinski definition) is 5. The molecule has 194 valence electrons. The van der Waals surface area contributed by atoms with Gasteiger partial charge in [0.1, 0.15) is 0 Å². The maximum absolute atomic E-state index is 13.7. The molecule has 1 heterocycles. The Kier molecular flexibility index (Phi) is 7.84. The standard InChI is InChI=1S/C31H27N5O2S/c1-22(30(38)36(26-14-8-4-9-15-26)27-16-10-5-11-17-27)39-31-34-33-28(35(31)2)23-18-20-25(21-19-23)32-29(37)24-12-6-3-7-13-24/h3-22H,1-2H3,(H,32,37). The molecule has 4 aromatic carbocycles. The summed E-state index contributed by atoms with van der Waals surface area (Å²) in [6.45, 7) is 1.88. The highest BCUT2D eigenvalue weighted by atomic mass is 32.2. The second-order valence-corrected chi connectivity index (χ2v) is 10.2. The summed E-state index contributed by atoms with van der Waals surface area (Å²) in [6.07, 6.45) is 0. The highest BCUT2D eigenvalue weighted by molar-refractivity contribution is 8.00. The lowest BCUT2D eigenvalue weighted by Gasteiger charge is -2.25. The van der Waals surface area contributed by atoms with Crippen molar-refractivity contribution in [2.24, 2.45) is 7.05 Å². The fourth-order valence-corrected chi connectivity index (χ4v) is 4.97. The van der Waals surface area contributed by atoms with Crippen molar-refractivity contribution in [2.45, 2.75) is 17.3 Å². The van der Waals surface area contributed by atoms with Gasteiger partial charge < -0.3 is 9.88 Å². The molecule has 0 aliphatic rings. The first-order valence-electron chi connectivity index (χ1n) is 12.5. The molecule has 1 aromatic heterocycles. The number of para-hydroxylation sites is 2. The monoisotopic (exact) mass is 533 g/mol. The van der Waals surface area contributed by atoms with Crippen molar-refractivity contribution in [1.82, 2.24) is 14.8 Å². The summed E-state index contributed by atoms with van der Waals surface area (Å²) >= 11 is 1.36. The predicted octanol–water partition coefficient (Wildman–Crippen LogP) is 6.58. The molecule has 39 heavy (non-hydrogen) atoms. The van der Waals surface area contributed by atoms with Gasteiger partial charge in [-0.1, -0.05) is 66.4 Å². The number of carbonyl (C=O) groups excluding carboxylic acids is 2. The Labute approximate surface area is 231 Å². The quantitative estimate of drug-likeness (QED) is 0.228. The van der Waals surface area contributed by atoms with Gasteiger partial charge in [-0.15, -0.1) is 10.2 Å². The molecule has 8 heteroatoms. The Morgan fingerprint density at radius 3 is 1.87 bits per heavy atom. The van der Waals surface area contributed by atoms with Gasteiger partial charge in [-0.25, -0.2) is 0 Å². The van der Waals surface area contributed by atoms with Gasteiger partial charge in [-0.2, -0.15) is 0 Å². The van der Waals surface area contributed by atoms with E-state index < -0.39 is 5.25 Å². The summed E-state index contributed by atoms with van der Waals surface area (Å²) in [7, 11) is 1.88. The van der Waals surface area contributed by atoms with Crippen molar-refractivity contribution in [3.8, 4) is 11.4 Å². The lowest BCUT2D eigenvalue weighted by molar-refractivity contribution is -0.117. The second-order valence-electron chi connectivity index (χ2n) is 8.87. The number of hydrogen-bond donors (Lipinski definition) is 1. The second kappa shape index (κ2) is 11.8. The molecular formula is C31H27N5O2S. The SMILES string of the molecule is CC(Sc1nnc(-c2ccc(NC(=O)c3ccccc3)cc2)n1C)C(=O)N(c1ccccc1)c1ccccc1. The third kappa shape index (κ3) is 5.91. The average Bonchev–Trinajstić information content (AvgIpc) is 3.34. The van der Waals surface area contributed by atoms with Gasteiger partial charge in [-0.3, -0.25) is 14.5 Å². The van der Waals surface area contributed by atoms with E-state index in [-0.39, 0.29) is 11.8 Å². The fraction of sp³-hybridized carbons (Fsp3) is 0.0968. The van der Waals surface area contributed by atoms with E-state index >= 15 is 0 Å². The Morgan fingerprint density at radius 1 is 0.769 bits per heavy atom. The van der Waals surface area contributed by atoms with Crippen LogP contribution in [0.4, 0.5) is 17.1 Å². The molecule has 0 saturated heterocycles. The maximum Gasteiger partial charge on any atom is 0.255 e. The first-order chi connectivity index (χ1) is 19.0. The van der Waals surface area contributed by atoms with Crippen molar-refractivity contribution in [3.05, 3.63) is 121 Å². The molecule has 2 amide bonds. The number of benzene rings is 4. The molecule has 0 bridgehead atoms. The maximum atomic E-state index is 13.7. The van der Waals surface area contributed by atoms with E-state index in [1.807, 2.05) is 122 Å². The van der Waals surface area contributed by atoms with Gasteiger partial charge in [0, 0.05) is 35.2 Å². The Morgan fingerprint density at radius 2 is 1.31 bits per heavy atom. The number of carbonyl (C=O) groups is 2. The van der Waals surface area contributed by atoms with E-state index in [0.29, 0.717) is 22.2 Å². The van der Waals surface area contributed by atoms with Crippen LogP contribution in [0.3, 0.4) is 0 Å². The summed E-state index contributed by atoms with van der Waals surface area (Å²) in [6, 6.07) is 35.8. The van der Waals surface area contributed by atoms with Gasteiger partial charge in [0.2, 0.25) is 5.91 Å². The number of aromatic nitrogens is 3. The van der Waals surface area contributed by atoms with Crippen LogP contribution in [0.2, 0.25) is 0 Å². The van der Waals surface area contributed by atoms with Crippen LogP contribution >= 0.6 is 11.8 Å². The molecular weight excluding hydrogens is 506 g/mol. The molecule has 0 spiro atoms. The average molecular weight is 534 g/mol. The first kappa shape index (κ1) is 25.9. The molecule has 0 fully saturated rings. The van der Waals surface area contributed by atoms with Crippen LogP contribution in [0.15, 0.2) is 120 Å². The number of nitrogens with zero attached hydrogens (tertiary/aromatic N) is 4. The van der Waals surface area contributed by atoms with Crippen LogP contribution in [-0.4, -0.2) is 31.8 Å². The zero-order valence-electron chi connectivity index (χ0n) is 21.6. The van der Waals surface area contributed by atoms with Crippen molar-refractivity contribution < 1.29 is 9.59 Å². The van der Waals surface area contributed by atoms with E-state index in [4.69, 9.17) is 0 Å². The smallest absolute Gasteiger partial charge is 0.255 e. The molecule has 0 aliphatic carbocycles. The molecule has 1 unspecified atom stereocenters. The molecule has 7 nitrogen and oxygen atoms in total. The van der Waals surface area contributed by atoms with Crippen molar-refractivity contribution in [3.63, 3.8) is 0 Å². The zero-order chi connectivity index (χ0) is 27.2. The highest BCUT2D eigenvalue weighted by Gasteiger charge is 2.26. The molecule has 0 radical (unpaired) electrons. The van der Waals surface area contributed by atoms with E-state index in [9.17, 15) is 9.59 Å². The van der Waals surface area contributed by atoms with Crippen LogP contribution < -0.4 is 10.2 Å². The van der Waals surface area contributed by atoms with E-state index in [2.05, 4.69) is 15.5 Å². The number of anilines is 3. The third-order valence-electron chi connectivity index (χ3n) is 6.15. The van der Waals surface area contributed by atoms with Crippen LogP contribution in [0.5, 0.6) is 0 Å². The Balaban J connectivity index is 1.30. The predicted molar refractivity (Wildman–Crippen MR) is 156 cm³/mol. The minimum atomic E-state index is -0.420. The van der Waals surface area contributed by atoms with E-state index in [1.165, 1.54) is 11.8 Å². The number of rotatable bonds is 8. The topological polar surface area (TPSA) is 80.1 Å². The van der Waals surface area contributed by atoms with Gasteiger partial charge in [-0.05, 0) is 67.6 Å². The van der Waals surface area contributed by atoms with Crippen molar-refractivity contribution >= 4 is 40.6 Å². The first-order valence-corrected chi connectivity index (χ1v) is 13.4. The summed E-state index contributed by atoms with van der Waals surface area (Å²) in [4.78, 5) is 27.9. The van der Waals surface area contributed by atoms with Crippen LogP contribution in [0.25, 0.3) is 11.4 Å². The summed E-state index contributed by atoms with van der Waals surface area (Å²) in [5, 5.41) is 11.9. The van der Waals surface area contributed by atoms with E-state index in [0.717, 1.165) is 16.9 Å². The lowest BCUT2D eigenvalue weighted by Crippen LogP contribution is -2.33. The highest BCUT2D eigenvalue weighted by Crippen LogP contribution is 2.31. The van der Waals surface area contributed by atoms with E-state index in [1.54, 1.807) is 17.0 Å². The lowest BCUT2D eigenvalue weighted by atomic mass is 10.1. The van der Waals surface area contributed by atoms with Crippen molar-refractivity contribution in [1.29, 1.82) is 0 Å². The summed E-state index contributed by atoms with van der Waals surface area (Å²) in [5.41, 5.74) is 3.74. The molecule has 1 N–H and O–H groups in total. The molecule has 5 rings (SSSR count). The molecule has 0 aliphatic heterocycles. The molecule has 0 saturated carbocycles. The van der Waals surface area contributed by atoms with Gasteiger partial charge in [0.25, 0.3) is 5.91 Å². The summed E-state index contributed by atoms with van der Waals surface area (Å²) in [5.74, 6) is 0.445. The summed E-state index contributed by atoms with van der Waals surface area (Å²) < 4.78 is 1.88. The minimum absolute atomic E-state index is 0.0551. The van der Waals surface area contributed by atoms with Gasteiger partial charge in [0.05, 0.1) is 5.25 Å². The Hall–Kier alpha value is -4.69. The van der Waals surface area contributed by atoms with Gasteiger partial charge in [0.15, 0.2) is 11.0 Å². The largest absolute Gasteiger partial charge is 0.322 e. The number of thioether (sulfide) groups is 1.